The van der Waals surface area contributed by atoms with Crippen LogP contribution < -0.4 is 10.5 Å². The summed E-state index contributed by atoms with van der Waals surface area (Å²) >= 11 is 0. The Morgan fingerprint density at radius 3 is 2.45 bits per heavy atom. The third kappa shape index (κ3) is 4.39. The number of rotatable bonds is 5. The normalized spacial score (nSPS) is 13.0. The molecule has 0 fully saturated rings. The van der Waals surface area contributed by atoms with Gasteiger partial charge in [-0.1, -0.05) is 0 Å². The first-order valence-corrected chi connectivity index (χ1v) is 9.12. The van der Waals surface area contributed by atoms with Crippen molar-refractivity contribution in [3.05, 3.63) is 28.8 Å². The molecule has 0 heterocycles. The maximum absolute atomic E-state index is 12.0. The SMILES string of the molecule is Cc1cc(S(N)(=O)=O)cc(C(=O)NCCS(C)=O)c1C. The van der Waals surface area contributed by atoms with Gasteiger partial charge in [0.05, 0.1) is 4.90 Å². The van der Waals surface area contributed by atoms with Gasteiger partial charge >= 0.3 is 0 Å². The number of sulfonamides is 1. The summed E-state index contributed by atoms with van der Waals surface area (Å²) in [5.74, 6) is -0.0555. The van der Waals surface area contributed by atoms with Gasteiger partial charge in [0.1, 0.15) is 0 Å². The zero-order valence-electron chi connectivity index (χ0n) is 11.6. The van der Waals surface area contributed by atoms with Crippen LogP contribution in [0, 0.1) is 13.8 Å². The van der Waals surface area contributed by atoms with E-state index in [0.29, 0.717) is 16.9 Å². The van der Waals surface area contributed by atoms with E-state index in [2.05, 4.69) is 5.32 Å². The van der Waals surface area contributed by atoms with E-state index in [-0.39, 0.29) is 17.0 Å². The van der Waals surface area contributed by atoms with Crippen LogP contribution in [0.15, 0.2) is 17.0 Å². The molecule has 20 heavy (non-hydrogen) atoms. The van der Waals surface area contributed by atoms with E-state index in [4.69, 9.17) is 5.14 Å². The fourth-order valence-corrected chi connectivity index (χ4v) is 2.64. The molecule has 1 amide bonds. The van der Waals surface area contributed by atoms with E-state index in [9.17, 15) is 17.4 Å². The van der Waals surface area contributed by atoms with Crippen molar-refractivity contribution in [1.82, 2.24) is 5.32 Å². The zero-order valence-corrected chi connectivity index (χ0v) is 13.2. The number of hydrogen-bond acceptors (Lipinski definition) is 4. The molecule has 0 aromatic heterocycles. The molecule has 0 radical (unpaired) electrons. The van der Waals surface area contributed by atoms with Gasteiger partial charge in [0.2, 0.25) is 10.0 Å². The van der Waals surface area contributed by atoms with Crippen LogP contribution in [-0.4, -0.2) is 37.1 Å². The topological polar surface area (TPSA) is 106 Å². The molecular formula is C12H18N2O4S2. The number of nitrogens with two attached hydrogens (primary N) is 1. The lowest BCUT2D eigenvalue weighted by Crippen LogP contribution is -2.28. The minimum absolute atomic E-state index is 0.0928. The molecule has 0 aliphatic rings. The summed E-state index contributed by atoms with van der Waals surface area (Å²) < 4.78 is 33.7. The third-order valence-corrected chi connectivity index (χ3v) is 4.56. The first-order chi connectivity index (χ1) is 9.12. The summed E-state index contributed by atoms with van der Waals surface area (Å²) in [4.78, 5) is 11.9. The van der Waals surface area contributed by atoms with Crippen LogP contribution in [0.4, 0.5) is 0 Å². The van der Waals surface area contributed by atoms with E-state index in [1.807, 2.05) is 0 Å². The minimum atomic E-state index is -3.86. The molecular weight excluding hydrogens is 300 g/mol. The Morgan fingerprint density at radius 2 is 1.95 bits per heavy atom. The van der Waals surface area contributed by atoms with Gasteiger partial charge in [-0.15, -0.1) is 0 Å². The van der Waals surface area contributed by atoms with E-state index < -0.39 is 26.7 Å². The highest BCUT2D eigenvalue weighted by Crippen LogP contribution is 2.19. The second-order valence-corrected chi connectivity index (χ2v) is 7.61. The van der Waals surface area contributed by atoms with Crippen LogP contribution in [0.1, 0.15) is 21.5 Å². The van der Waals surface area contributed by atoms with Gasteiger partial charge < -0.3 is 5.32 Å². The Morgan fingerprint density at radius 1 is 1.35 bits per heavy atom. The molecule has 3 N–H and O–H groups in total. The van der Waals surface area contributed by atoms with Crippen LogP contribution in [0.5, 0.6) is 0 Å². The fourth-order valence-electron chi connectivity index (χ4n) is 1.63. The summed E-state index contributed by atoms with van der Waals surface area (Å²) in [5.41, 5.74) is 1.61. The highest BCUT2D eigenvalue weighted by atomic mass is 32.2. The number of aryl methyl sites for hydroxylation is 1. The molecule has 1 unspecified atom stereocenters. The van der Waals surface area contributed by atoms with Gasteiger partial charge in [0.15, 0.2) is 0 Å². The van der Waals surface area contributed by atoms with Crippen LogP contribution in [0.25, 0.3) is 0 Å². The van der Waals surface area contributed by atoms with Crippen LogP contribution in [-0.2, 0) is 20.8 Å². The second kappa shape index (κ2) is 6.47. The maximum atomic E-state index is 12.0. The standard InChI is InChI=1S/C12H18N2O4S2/c1-8-6-10(20(13,17)18)7-11(9(8)2)12(15)14-4-5-19(3)16/h6-7H,4-5H2,1-3H3,(H,14,15)(H2,13,17,18). The highest BCUT2D eigenvalue weighted by Gasteiger charge is 2.16. The molecule has 0 saturated heterocycles. The molecule has 1 aromatic rings. The van der Waals surface area contributed by atoms with Crippen LogP contribution in [0.2, 0.25) is 0 Å². The van der Waals surface area contributed by atoms with E-state index >= 15 is 0 Å². The summed E-state index contributed by atoms with van der Waals surface area (Å²) in [6.45, 7) is 3.71. The van der Waals surface area contributed by atoms with Crippen LogP contribution >= 0.6 is 0 Å². The molecule has 0 bridgehead atoms. The monoisotopic (exact) mass is 318 g/mol. The Labute approximate surface area is 121 Å². The number of hydrogen-bond donors (Lipinski definition) is 2. The summed E-state index contributed by atoms with van der Waals surface area (Å²) in [5, 5.41) is 7.69. The van der Waals surface area contributed by atoms with Gasteiger partial charge in [0.25, 0.3) is 5.91 Å². The summed E-state index contributed by atoms with van der Waals surface area (Å²) in [7, 11) is -4.86. The van der Waals surface area contributed by atoms with E-state index in [0.717, 1.165) is 0 Å². The predicted molar refractivity (Wildman–Crippen MR) is 78.6 cm³/mol. The number of carbonyl (C=O) groups excluding carboxylic acids is 1. The van der Waals surface area contributed by atoms with Gasteiger partial charge in [0, 0.05) is 34.9 Å². The second-order valence-electron chi connectivity index (χ2n) is 4.49. The highest BCUT2D eigenvalue weighted by molar-refractivity contribution is 7.89. The van der Waals surface area contributed by atoms with Crippen molar-refractivity contribution in [2.45, 2.75) is 18.7 Å². The third-order valence-electron chi connectivity index (χ3n) is 2.89. The Hall–Kier alpha value is -1.25. The number of nitrogens with one attached hydrogen (secondary N) is 1. The average molecular weight is 318 g/mol. The lowest BCUT2D eigenvalue weighted by Gasteiger charge is -2.11. The molecule has 1 rings (SSSR count). The Bertz CT molecular complexity index is 654. The predicted octanol–water partition coefficient (Wildman–Crippen LogP) is 0.0591. The summed E-state index contributed by atoms with van der Waals surface area (Å²) in [6.07, 6.45) is 1.54. The van der Waals surface area contributed by atoms with Crippen molar-refractivity contribution in [2.24, 2.45) is 5.14 Å². The summed E-state index contributed by atoms with van der Waals surface area (Å²) in [6, 6.07) is 2.69. The van der Waals surface area contributed by atoms with Crippen molar-refractivity contribution >= 4 is 26.7 Å². The molecule has 112 valence electrons. The number of benzene rings is 1. The lowest BCUT2D eigenvalue weighted by atomic mass is 10.0. The number of amides is 1. The van der Waals surface area contributed by atoms with Gasteiger partial charge in [-0.3, -0.25) is 9.00 Å². The quantitative estimate of drug-likeness (QED) is 0.800. The molecule has 0 saturated carbocycles. The van der Waals surface area contributed by atoms with E-state index in [1.54, 1.807) is 20.1 Å². The van der Waals surface area contributed by atoms with Gasteiger partial charge in [-0.2, -0.15) is 0 Å². The molecule has 0 spiro atoms. The van der Waals surface area contributed by atoms with Crippen molar-refractivity contribution in [2.75, 3.05) is 18.6 Å². The molecule has 0 aliphatic heterocycles. The first kappa shape index (κ1) is 16.8. The molecule has 1 aromatic carbocycles. The fraction of sp³-hybridized carbons (Fsp3) is 0.417. The number of carbonyl (C=O) groups is 1. The Balaban J connectivity index is 3.08. The van der Waals surface area contributed by atoms with Crippen molar-refractivity contribution in [1.29, 1.82) is 0 Å². The van der Waals surface area contributed by atoms with E-state index in [1.165, 1.54) is 12.1 Å². The largest absolute Gasteiger partial charge is 0.351 e. The van der Waals surface area contributed by atoms with Crippen LogP contribution in [0.3, 0.4) is 0 Å². The smallest absolute Gasteiger partial charge is 0.251 e. The molecule has 6 nitrogen and oxygen atoms in total. The molecule has 8 heteroatoms. The van der Waals surface area contributed by atoms with Crippen molar-refractivity contribution < 1.29 is 17.4 Å². The molecule has 0 aliphatic carbocycles. The van der Waals surface area contributed by atoms with Gasteiger partial charge in [-0.25, -0.2) is 13.6 Å². The zero-order chi connectivity index (χ0) is 15.5. The van der Waals surface area contributed by atoms with Crippen molar-refractivity contribution in [3.63, 3.8) is 0 Å². The molecule has 1 atom stereocenters. The minimum Gasteiger partial charge on any atom is -0.351 e. The average Bonchev–Trinajstić information content (AvgIpc) is 2.30. The first-order valence-electron chi connectivity index (χ1n) is 5.85. The number of primary sulfonamides is 1. The lowest BCUT2D eigenvalue weighted by molar-refractivity contribution is 0.0955. The Kier molecular flexibility index (Phi) is 5.43. The maximum Gasteiger partial charge on any atom is 0.251 e. The van der Waals surface area contributed by atoms with Crippen molar-refractivity contribution in [3.8, 4) is 0 Å². The van der Waals surface area contributed by atoms with Gasteiger partial charge in [-0.05, 0) is 37.1 Å².